The molecule has 2 amide bonds. The van der Waals surface area contributed by atoms with Gasteiger partial charge in [-0.15, -0.1) is 0 Å². The average molecular weight is 339 g/mol. The molecule has 1 aromatic rings. The van der Waals surface area contributed by atoms with Crippen molar-refractivity contribution in [1.82, 2.24) is 10.2 Å². The first-order chi connectivity index (χ1) is 9.58. The number of aryl methyl sites for hydroxylation is 1. The highest BCUT2D eigenvalue weighted by Gasteiger charge is 2.19. The van der Waals surface area contributed by atoms with Crippen molar-refractivity contribution < 1.29 is 9.59 Å². The zero-order chi connectivity index (χ0) is 14.5. The maximum absolute atomic E-state index is 12.0. The van der Waals surface area contributed by atoms with Gasteiger partial charge in [0, 0.05) is 30.5 Å². The van der Waals surface area contributed by atoms with Gasteiger partial charge in [-0.1, -0.05) is 6.07 Å². The number of carbonyl (C=O) groups excluding carboxylic acids is 2. The van der Waals surface area contributed by atoms with E-state index in [1.165, 1.54) is 0 Å². The second-order valence-electron chi connectivity index (χ2n) is 5.08. The molecule has 5 heteroatoms. The number of hydrogen-bond acceptors (Lipinski definition) is 2. The van der Waals surface area contributed by atoms with Gasteiger partial charge in [-0.25, -0.2) is 0 Å². The van der Waals surface area contributed by atoms with E-state index in [0.29, 0.717) is 18.5 Å². The molecule has 2 rings (SSSR count). The quantitative estimate of drug-likeness (QED) is 0.838. The molecular formula is C15H19BrN2O2. The summed E-state index contributed by atoms with van der Waals surface area (Å²) in [6, 6.07) is 5.67. The number of likely N-dealkylation sites (tertiary alicyclic amines) is 1. The van der Waals surface area contributed by atoms with Gasteiger partial charge in [-0.05, 0) is 53.4 Å². The van der Waals surface area contributed by atoms with Crippen molar-refractivity contribution in [3.8, 4) is 0 Å². The zero-order valence-electron chi connectivity index (χ0n) is 11.6. The lowest BCUT2D eigenvalue weighted by Crippen LogP contribution is -2.30. The molecule has 0 aromatic heterocycles. The Morgan fingerprint density at radius 2 is 2.25 bits per heavy atom. The van der Waals surface area contributed by atoms with E-state index >= 15 is 0 Å². The molecule has 0 bridgehead atoms. The summed E-state index contributed by atoms with van der Waals surface area (Å²) < 4.78 is 0.810. The van der Waals surface area contributed by atoms with Gasteiger partial charge in [-0.3, -0.25) is 9.59 Å². The minimum Gasteiger partial charge on any atom is -0.352 e. The summed E-state index contributed by atoms with van der Waals surface area (Å²) in [5, 5.41) is 2.89. The fourth-order valence-corrected chi connectivity index (χ4v) is 2.99. The number of amides is 2. The predicted molar refractivity (Wildman–Crippen MR) is 81.6 cm³/mol. The van der Waals surface area contributed by atoms with Crippen molar-refractivity contribution >= 4 is 27.7 Å². The molecule has 1 aromatic carbocycles. The van der Waals surface area contributed by atoms with Gasteiger partial charge in [0.25, 0.3) is 5.91 Å². The molecule has 1 saturated heterocycles. The number of benzene rings is 1. The van der Waals surface area contributed by atoms with Crippen LogP contribution in [0.1, 0.15) is 35.2 Å². The first-order valence-corrected chi connectivity index (χ1v) is 7.69. The third-order valence-electron chi connectivity index (χ3n) is 3.43. The SMILES string of the molecule is Cc1ccc(C(=O)NCCCN2CCCC2=O)c(Br)c1. The van der Waals surface area contributed by atoms with E-state index in [4.69, 9.17) is 0 Å². The van der Waals surface area contributed by atoms with Crippen molar-refractivity contribution in [2.45, 2.75) is 26.2 Å². The lowest BCUT2D eigenvalue weighted by atomic mass is 10.1. The van der Waals surface area contributed by atoms with Crippen molar-refractivity contribution in [2.24, 2.45) is 0 Å². The van der Waals surface area contributed by atoms with Crippen LogP contribution in [0.15, 0.2) is 22.7 Å². The Morgan fingerprint density at radius 3 is 2.90 bits per heavy atom. The van der Waals surface area contributed by atoms with Crippen LogP contribution in [0.5, 0.6) is 0 Å². The van der Waals surface area contributed by atoms with Crippen LogP contribution in [0, 0.1) is 6.92 Å². The summed E-state index contributed by atoms with van der Waals surface area (Å²) in [6.07, 6.45) is 2.42. The van der Waals surface area contributed by atoms with Gasteiger partial charge in [0.1, 0.15) is 0 Å². The summed E-state index contributed by atoms with van der Waals surface area (Å²) in [4.78, 5) is 25.3. The molecule has 1 aliphatic rings. The minimum atomic E-state index is -0.0791. The van der Waals surface area contributed by atoms with Crippen molar-refractivity contribution in [3.63, 3.8) is 0 Å². The summed E-state index contributed by atoms with van der Waals surface area (Å²) in [5.41, 5.74) is 1.76. The van der Waals surface area contributed by atoms with Gasteiger partial charge in [0.05, 0.1) is 5.56 Å². The molecule has 20 heavy (non-hydrogen) atoms. The first kappa shape index (κ1) is 15.0. The van der Waals surface area contributed by atoms with Crippen molar-refractivity contribution in [1.29, 1.82) is 0 Å². The molecule has 0 spiro atoms. The Kier molecular flexibility index (Phi) is 5.17. The highest BCUT2D eigenvalue weighted by Crippen LogP contribution is 2.18. The molecular weight excluding hydrogens is 320 g/mol. The van der Waals surface area contributed by atoms with Crippen LogP contribution in [0.3, 0.4) is 0 Å². The number of halogens is 1. The molecule has 1 N–H and O–H groups in total. The third kappa shape index (κ3) is 3.82. The summed E-state index contributed by atoms with van der Waals surface area (Å²) in [6.45, 7) is 4.16. The number of nitrogens with zero attached hydrogens (tertiary/aromatic N) is 1. The second kappa shape index (κ2) is 6.88. The zero-order valence-corrected chi connectivity index (χ0v) is 13.2. The largest absolute Gasteiger partial charge is 0.352 e. The van der Waals surface area contributed by atoms with E-state index in [0.717, 1.165) is 36.0 Å². The molecule has 0 unspecified atom stereocenters. The Hall–Kier alpha value is -1.36. The van der Waals surface area contributed by atoms with Crippen LogP contribution in [-0.2, 0) is 4.79 Å². The van der Waals surface area contributed by atoms with Crippen LogP contribution in [0.25, 0.3) is 0 Å². The molecule has 0 atom stereocenters. The lowest BCUT2D eigenvalue weighted by Gasteiger charge is -2.15. The maximum atomic E-state index is 12.0. The fourth-order valence-electron chi connectivity index (χ4n) is 2.31. The molecule has 1 fully saturated rings. The van der Waals surface area contributed by atoms with E-state index in [9.17, 15) is 9.59 Å². The Labute approximate surface area is 127 Å². The lowest BCUT2D eigenvalue weighted by molar-refractivity contribution is -0.127. The molecule has 1 heterocycles. The van der Waals surface area contributed by atoms with Crippen LogP contribution in [0.2, 0.25) is 0 Å². The molecule has 0 radical (unpaired) electrons. The van der Waals surface area contributed by atoms with Gasteiger partial charge in [-0.2, -0.15) is 0 Å². The smallest absolute Gasteiger partial charge is 0.252 e. The van der Waals surface area contributed by atoms with Crippen LogP contribution < -0.4 is 5.32 Å². The summed E-state index contributed by atoms with van der Waals surface area (Å²) in [5.74, 6) is 0.155. The molecule has 0 aliphatic carbocycles. The highest BCUT2D eigenvalue weighted by atomic mass is 79.9. The number of rotatable bonds is 5. The molecule has 1 aliphatic heterocycles. The first-order valence-electron chi connectivity index (χ1n) is 6.90. The Morgan fingerprint density at radius 1 is 1.45 bits per heavy atom. The highest BCUT2D eigenvalue weighted by molar-refractivity contribution is 9.10. The van der Waals surface area contributed by atoms with E-state index in [-0.39, 0.29) is 11.8 Å². The number of nitrogens with one attached hydrogen (secondary N) is 1. The van der Waals surface area contributed by atoms with Crippen LogP contribution >= 0.6 is 15.9 Å². The number of hydrogen-bond donors (Lipinski definition) is 1. The van der Waals surface area contributed by atoms with Crippen LogP contribution in [-0.4, -0.2) is 36.3 Å². The van der Waals surface area contributed by atoms with Gasteiger partial charge >= 0.3 is 0 Å². The third-order valence-corrected chi connectivity index (χ3v) is 4.09. The van der Waals surface area contributed by atoms with Gasteiger partial charge < -0.3 is 10.2 Å². The van der Waals surface area contributed by atoms with Crippen molar-refractivity contribution in [3.05, 3.63) is 33.8 Å². The second-order valence-corrected chi connectivity index (χ2v) is 5.93. The molecule has 4 nitrogen and oxygen atoms in total. The normalized spacial score (nSPS) is 14.7. The van der Waals surface area contributed by atoms with Crippen LogP contribution in [0.4, 0.5) is 0 Å². The Balaban J connectivity index is 1.76. The van der Waals surface area contributed by atoms with Gasteiger partial charge in [0.15, 0.2) is 0 Å². The van der Waals surface area contributed by atoms with E-state index < -0.39 is 0 Å². The summed E-state index contributed by atoms with van der Waals surface area (Å²) >= 11 is 3.40. The van der Waals surface area contributed by atoms with E-state index in [1.807, 2.05) is 30.0 Å². The van der Waals surface area contributed by atoms with E-state index in [1.54, 1.807) is 0 Å². The van der Waals surface area contributed by atoms with E-state index in [2.05, 4.69) is 21.2 Å². The topological polar surface area (TPSA) is 49.4 Å². The monoisotopic (exact) mass is 338 g/mol. The Bertz CT molecular complexity index is 517. The predicted octanol–water partition coefficient (Wildman–Crippen LogP) is 2.50. The average Bonchev–Trinajstić information content (AvgIpc) is 2.80. The fraction of sp³-hybridized carbons (Fsp3) is 0.467. The summed E-state index contributed by atoms with van der Waals surface area (Å²) in [7, 11) is 0. The molecule has 108 valence electrons. The van der Waals surface area contributed by atoms with Crippen molar-refractivity contribution in [2.75, 3.05) is 19.6 Å². The maximum Gasteiger partial charge on any atom is 0.252 e. The standard InChI is InChI=1S/C15H19BrN2O2/c1-11-5-6-12(13(16)10-11)15(20)17-7-3-9-18-8-2-4-14(18)19/h5-6,10H,2-4,7-9H2,1H3,(H,17,20). The molecule has 0 saturated carbocycles. The van der Waals surface area contributed by atoms with Gasteiger partial charge in [0.2, 0.25) is 5.91 Å². The number of carbonyl (C=O) groups is 2. The minimum absolute atomic E-state index is 0.0791.